The summed E-state index contributed by atoms with van der Waals surface area (Å²) in [7, 11) is 1.84. The van der Waals surface area contributed by atoms with Crippen LogP contribution in [0.2, 0.25) is 0 Å². The van der Waals surface area contributed by atoms with Crippen molar-refractivity contribution in [2.45, 2.75) is 38.5 Å². The molecule has 1 fully saturated rings. The summed E-state index contributed by atoms with van der Waals surface area (Å²) >= 11 is 0. The number of amides is 3. The van der Waals surface area contributed by atoms with Gasteiger partial charge in [-0.15, -0.1) is 0 Å². The van der Waals surface area contributed by atoms with Crippen LogP contribution in [0.5, 0.6) is 0 Å². The Labute approximate surface area is 161 Å². The summed E-state index contributed by atoms with van der Waals surface area (Å²) in [6, 6.07) is 5.14. The van der Waals surface area contributed by atoms with E-state index in [1.54, 1.807) is 15.8 Å². The topological polar surface area (TPSA) is 122 Å². The molecule has 1 aromatic carbocycles. The van der Waals surface area contributed by atoms with Gasteiger partial charge in [0.25, 0.3) is 5.91 Å². The van der Waals surface area contributed by atoms with Gasteiger partial charge in [0.2, 0.25) is 11.8 Å². The molecule has 0 aliphatic carbocycles. The lowest BCUT2D eigenvalue weighted by Crippen LogP contribution is -2.52. The maximum absolute atomic E-state index is 12.9. The van der Waals surface area contributed by atoms with Gasteiger partial charge in [0.15, 0.2) is 0 Å². The highest BCUT2D eigenvalue weighted by molar-refractivity contribution is 6.05. The highest BCUT2D eigenvalue weighted by Gasteiger charge is 2.39. The van der Waals surface area contributed by atoms with Crippen molar-refractivity contribution in [3.8, 4) is 0 Å². The van der Waals surface area contributed by atoms with E-state index in [-0.39, 0.29) is 18.2 Å². The van der Waals surface area contributed by atoms with E-state index in [0.29, 0.717) is 31.6 Å². The molecule has 0 saturated carbocycles. The molecule has 1 atom stereocenters. The van der Waals surface area contributed by atoms with E-state index in [1.807, 2.05) is 25.2 Å². The minimum Gasteiger partial charge on any atom is -0.366 e. The molecular weight excluding hydrogens is 360 g/mol. The lowest BCUT2D eigenvalue weighted by molar-refractivity contribution is -0.136. The number of aryl methyl sites for hydroxylation is 1. The summed E-state index contributed by atoms with van der Waals surface area (Å²) in [5, 5.41) is 9.83. The largest absolute Gasteiger partial charge is 0.366 e. The molecule has 2 aliphatic heterocycles. The lowest BCUT2D eigenvalue weighted by atomic mass is 10.0. The summed E-state index contributed by atoms with van der Waals surface area (Å²) in [6.07, 6.45) is 2.34. The van der Waals surface area contributed by atoms with Crippen molar-refractivity contribution in [1.82, 2.24) is 20.0 Å². The zero-order valence-electron chi connectivity index (χ0n) is 15.6. The van der Waals surface area contributed by atoms with Crippen LogP contribution in [0.3, 0.4) is 0 Å². The first-order chi connectivity index (χ1) is 13.5. The quantitative estimate of drug-likeness (QED) is 0.637. The first-order valence-corrected chi connectivity index (χ1v) is 9.19. The molecule has 9 heteroatoms. The van der Waals surface area contributed by atoms with Gasteiger partial charge < -0.3 is 16.0 Å². The fraction of sp³-hybridized carbons (Fsp3) is 0.368. The van der Waals surface area contributed by atoms with Gasteiger partial charge in [0, 0.05) is 44.2 Å². The van der Waals surface area contributed by atoms with Crippen molar-refractivity contribution in [3.05, 3.63) is 46.6 Å². The number of hydrogen-bond donors (Lipinski definition) is 3. The maximum atomic E-state index is 12.9. The molecule has 0 radical (unpaired) electrons. The first-order valence-electron chi connectivity index (χ1n) is 9.19. The van der Waals surface area contributed by atoms with Crippen molar-refractivity contribution < 1.29 is 14.4 Å². The minimum absolute atomic E-state index is 0.172. The van der Waals surface area contributed by atoms with Crippen LogP contribution in [0.1, 0.15) is 39.9 Å². The number of fused-ring (bicyclic) bond motifs is 1. The monoisotopic (exact) mass is 382 g/mol. The number of rotatable bonds is 5. The fourth-order valence-corrected chi connectivity index (χ4v) is 3.76. The van der Waals surface area contributed by atoms with Gasteiger partial charge in [0.05, 0.1) is 6.20 Å². The fourth-order valence-electron chi connectivity index (χ4n) is 3.76. The third-order valence-corrected chi connectivity index (χ3v) is 5.29. The smallest absolute Gasteiger partial charge is 0.255 e. The Balaban J connectivity index is 1.49. The number of carbonyl (C=O) groups excluding carboxylic acids is 3. The van der Waals surface area contributed by atoms with Gasteiger partial charge in [-0.2, -0.15) is 5.10 Å². The van der Waals surface area contributed by atoms with Crippen molar-refractivity contribution in [3.63, 3.8) is 0 Å². The van der Waals surface area contributed by atoms with Crippen molar-refractivity contribution in [2.24, 2.45) is 12.8 Å². The number of piperidine rings is 1. The number of hydrogen-bond acceptors (Lipinski definition) is 6. The molecule has 4 N–H and O–H groups in total. The normalized spacial score (nSPS) is 19.0. The first kappa shape index (κ1) is 18.2. The number of aromatic nitrogens is 2. The average Bonchev–Trinajstić information content (AvgIpc) is 3.20. The highest BCUT2D eigenvalue weighted by Crippen LogP contribution is 2.28. The van der Waals surface area contributed by atoms with Gasteiger partial charge in [-0.1, -0.05) is 12.1 Å². The zero-order chi connectivity index (χ0) is 19.8. The van der Waals surface area contributed by atoms with Crippen LogP contribution in [0.25, 0.3) is 0 Å². The molecule has 146 valence electrons. The van der Waals surface area contributed by atoms with Crippen LogP contribution in [-0.2, 0) is 36.3 Å². The Morgan fingerprint density at radius 2 is 2.14 bits per heavy atom. The average molecular weight is 382 g/mol. The summed E-state index contributed by atoms with van der Waals surface area (Å²) in [4.78, 5) is 37.9. The van der Waals surface area contributed by atoms with Crippen LogP contribution in [0, 0.1) is 0 Å². The summed E-state index contributed by atoms with van der Waals surface area (Å²) in [5.74, 6) is -0.00960. The highest BCUT2D eigenvalue weighted by atomic mass is 16.2. The maximum Gasteiger partial charge on any atom is 0.255 e. The molecule has 3 heterocycles. The van der Waals surface area contributed by atoms with E-state index in [0.717, 1.165) is 22.5 Å². The Morgan fingerprint density at radius 3 is 2.89 bits per heavy atom. The minimum atomic E-state index is -0.597. The second-order valence-electron chi connectivity index (χ2n) is 7.09. The molecule has 2 aliphatic rings. The van der Waals surface area contributed by atoms with Crippen LogP contribution in [-0.4, -0.2) is 38.4 Å². The third-order valence-electron chi connectivity index (χ3n) is 5.29. The molecule has 4 rings (SSSR count). The standard InChI is InChI=1S/C19H22N6O3/c1-24-17(13(7-20)9-22-24)21-8-11-2-3-12-10-25(19(28)14(12)6-11)15-4-5-16(26)23-18(15)27/h2-3,6,9,15,21H,4-5,7-8,10,20H2,1H3,(H,23,26,27). The predicted octanol–water partition coefficient (Wildman–Crippen LogP) is 0.252. The molecular formula is C19H22N6O3. The molecule has 0 spiro atoms. The summed E-state index contributed by atoms with van der Waals surface area (Å²) in [5.41, 5.74) is 9.09. The van der Waals surface area contributed by atoms with E-state index < -0.39 is 11.9 Å². The number of benzene rings is 1. The Bertz CT molecular complexity index is 967. The molecule has 1 unspecified atom stereocenters. The Morgan fingerprint density at radius 1 is 1.32 bits per heavy atom. The number of nitrogens with zero attached hydrogens (tertiary/aromatic N) is 3. The second-order valence-corrected chi connectivity index (χ2v) is 7.09. The molecule has 28 heavy (non-hydrogen) atoms. The Hall–Kier alpha value is -3.20. The summed E-state index contributed by atoms with van der Waals surface area (Å²) in [6.45, 7) is 1.29. The van der Waals surface area contributed by atoms with Crippen LogP contribution in [0.15, 0.2) is 24.4 Å². The molecule has 1 saturated heterocycles. The van der Waals surface area contributed by atoms with Crippen LogP contribution in [0.4, 0.5) is 5.82 Å². The number of nitrogens with two attached hydrogens (primary N) is 1. The van der Waals surface area contributed by atoms with Crippen LogP contribution < -0.4 is 16.4 Å². The Kier molecular flexibility index (Phi) is 4.60. The molecule has 2 aromatic rings. The number of nitrogens with one attached hydrogen (secondary N) is 2. The molecule has 3 amide bonds. The number of anilines is 1. The summed E-state index contributed by atoms with van der Waals surface area (Å²) < 4.78 is 1.73. The number of carbonyl (C=O) groups is 3. The van der Waals surface area contributed by atoms with E-state index in [1.165, 1.54) is 0 Å². The van der Waals surface area contributed by atoms with E-state index >= 15 is 0 Å². The van der Waals surface area contributed by atoms with Gasteiger partial charge in [0.1, 0.15) is 11.9 Å². The molecule has 0 bridgehead atoms. The van der Waals surface area contributed by atoms with Gasteiger partial charge in [-0.05, 0) is 23.6 Å². The second kappa shape index (κ2) is 7.08. The zero-order valence-corrected chi connectivity index (χ0v) is 15.6. The van der Waals surface area contributed by atoms with E-state index in [9.17, 15) is 14.4 Å². The van der Waals surface area contributed by atoms with Gasteiger partial charge in [-0.25, -0.2) is 0 Å². The predicted molar refractivity (Wildman–Crippen MR) is 101 cm³/mol. The van der Waals surface area contributed by atoms with Crippen LogP contribution >= 0.6 is 0 Å². The van der Waals surface area contributed by atoms with Crippen molar-refractivity contribution in [2.75, 3.05) is 5.32 Å². The third kappa shape index (κ3) is 3.13. The van der Waals surface area contributed by atoms with Gasteiger partial charge >= 0.3 is 0 Å². The number of imide groups is 1. The van der Waals surface area contributed by atoms with E-state index in [4.69, 9.17) is 5.73 Å². The van der Waals surface area contributed by atoms with Crippen molar-refractivity contribution in [1.29, 1.82) is 0 Å². The SMILES string of the molecule is Cn1ncc(CN)c1NCc1ccc2c(c1)C(=O)N(C1CCC(=O)NC1=O)C2. The molecule has 1 aromatic heterocycles. The molecule has 9 nitrogen and oxygen atoms in total. The van der Waals surface area contributed by atoms with Crippen molar-refractivity contribution >= 4 is 23.5 Å². The van der Waals surface area contributed by atoms with Gasteiger partial charge in [-0.3, -0.25) is 24.4 Å². The lowest BCUT2D eigenvalue weighted by Gasteiger charge is -2.29. The van der Waals surface area contributed by atoms with E-state index in [2.05, 4.69) is 15.7 Å².